The number of aliphatic hydroxyl groups is 2. The topological polar surface area (TPSA) is 114 Å². The lowest BCUT2D eigenvalue weighted by Crippen LogP contribution is -2.55. The molecule has 1 saturated heterocycles. The van der Waals surface area contributed by atoms with Gasteiger partial charge < -0.3 is 29.4 Å². The summed E-state index contributed by atoms with van der Waals surface area (Å²) < 4.78 is 26.9. The van der Waals surface area contributed by atoms with E-state index in [4.69, 9.17) is 32.7 Å². The van der Waals surface area contributed by atoms with Crippen molar-refractivity contribution in [3.63, 3.8) is 0 Å². The Bertz CT molecular complexity index is 1200. The highest BCUT2D eigenvalue weighted by molar-refractivity contribution is 7.99. The zero-order chi connectivity index (χ0) is 25.1. The fraction of sp³-hybridized carbons (Fsp3) is 0.304. The molecule has 4 rings (SSSR count). The van der Waals surface area contributed by atoms with Crippen LogP contribution in [0.4, 0.5) is 4.39 Å². The Morgan fingerprint density at radius 1 is 1.23 bits per heavy atom. The first kappa shape index (κ1) is 25.9. The van der Waals surface area contributed by atoms with Gasteiger partial charge in [0.1, 0.15) is 36.2 Å². The smallest absolute Gasteiger partial charge is 0.329 e. The predicted octanol–water partition coefficient (Wildman–Crippen LogP) is 3.88. The molecule has 0 unspecified atom stereocenters. The van der Waals surface area contributed by atoms with Crippen LogP contribution in [-0.2, 0) is 14.3 Å². The minimum Gasteiger partial charge on any atom is -0.480 e. The molecule has 2 aromatic carbocycles. The molecule has 0 bridgehead atoms. The van der Waals surface area contributed by atoms with Gasteiger partial charge in [0.05, 0.1) is 34.7 Å². The number of hydrogen-bond donors (Lipinski definition) is 3. The SMILES string of the molecule is O=C(O)CO[C@@H]1[C@@H](n2cnc(-c3cccc(F)c3)c2)[C@@H](O)[C@@H](CO)O[C@@H]1Sc1ccc(Cl)c(Cl)c1. The Labute approximate surface area is 214 Å². The lowest BCUT2D eigenvalue weighted by molar-refractivity contribution is -0.194. The van der Waals surface area contributed by atoms with Crippen molar-refractivity contribution in [2.24, 2.45) is 0 Å². The molecule has 0 saturated carbocycles. The van der Waals surface area contributed by atoms with Crippen LogP contribution in [0.5, 0.6) is 0 Å². The fourth-order valence-electron chi connectivity index (χ4n) is 3.82. The largest absolute Gasteiger partial charge is 0.480 e. The number of carboxylic acid groups (broad SMARTS) is 1. The van der Waals surface area contributed by atoms with E-state index in [1.807, 2.05) is 0 Å². The third kappa shape index (κ3) is 5.97. The molecule has 35 heavy (non-hydrogen) atoms. The first-order valence-electron chi connectivity index (χ1n) is 10.5. The van der Waals surface area contributed by atoms with Gasteiger partial charge in [-0.2, -0.15) is 0 Å². The van der Waals surface area contributed by atoms with Gasteiger partial charge in [-0.1, -0.05) is 47.1 Å². The number of imidazole rings is 1. The number of halogens is 3. The second-order valence-electron chi connectivity index (χ2n) is 7.79. The maximum atomic E-state index is 13.7. The fourth-order valence-corrected chi connectivity index (χ4v) is 5.36. The van der Waals surface area contributed by atoms with Crippen molar-refractivity contribution in [2.45, 2.75) is 34.7 Å². The summed E-state index contributed by atoms with van der Waals surface area (Å²) in [7, 11) is 0. The zero-order valence-corrected chi connectivity index (χ0v) is 20.3. The standard InChI is InChI=1S/C23H21Cl2FN2O6S/c24-15-5-4-14(7-16(15)25)35-23-22(33-10-19(30)31)20(21(32)18(9-29)34-23)28-8-17(27-11-28)12-2-1-3-13(26)6-12/h1-8,11,18,20-23,29,32H,9-10H2,(H,30,31)/t18-,20+,21+,22-,23-/m1/s1. The van der Waals surface area contributed by atoms with Gasteiger partial charge in [0.2, 0.25) is 0 Å². The minimum atomic E-state index is -1.26. The summed E-state index contributed by atoms with van der Waals surface area (Å²) in [5.74, 6) is -1.63. The molecular formula is C23H21Cl2FN2O6S. The Morgan fingerprint density at radius 2 is 2.03 bits per heavy atom. The van der Waals surface area contributed by atoms with Crippen molar-refractivity contribution in [3.8, 4) is 11.3 Å². The average molecular weight is 543 g/mol. The van der Waals surface area contributed by atoms with E-state index in [0.717, 1.165) is 0 Å². The number of hydrogen-bond acceptors (Lipinski definition) is 7. The molecule has 1 aromatic heterocycles. The van der Waals surface area contributed by atoms with E-state index in [2.05, 4.69) is 4.98 Å². The normalized spacial score (nSPS) is 24.4. The van der Waals surface area contributed by atoms with Gasteiger partial charge in [0.15, 0.2) is 0 Å². The molecule has 12 heteroatoms. The van der Waals surface area contributed by atoms with E-state index in [1.165, 1.54) is 30.2 Å². The minimum absolute atomic E-state index is 0.320. The van der Waals surface area contributed by atoms with Gasteiger partial charge in [-0.05, 0) is 30.3 Å². The van der Waals surface area contributed by atoms with Gasteiger partial charge in [-0.3, -0.25) is 0 Å². The van der Waals surface area contributed by atoms with Crippen molar-refractivity contribution < 1.29 is 34.0 Å². The number of carboxylic acids is 1. The summed E-state index contributed by atoms with van der Waals surface area (Å²) in [6.07, 6.45) is -0.200. The van der Waals surface area contributed by atoms with Crippen molar-refractivity contribution in [1.82, 2.24) is 9.55 Å². The molecule has 3 N–H and O–H groups in total. The third-order valence-corrected chi connectivity index (χ3v) is 7.31. The van der Waals surface area contributed by atoms with Gasteiger partial charge in [-0.15, -0.1) is 0 Å². The number of ether oxygens (including phenoxy) is 2. The number of aliphatic carboxylic acids is 1. The maximum Gasteiger partial charge on any atom is 0.329 e. The summed E-state index contributed by atoms with van der Waals surface area (Å²) >= 11 is 13.3. The van der Waals surface area contributed by atoms with Crippen molar-refractivity contribution >= 4 is 40.9 Å². The number of nitrogens with zero attached hydrogens (tertiary/aromatic N) is 2. The van der Waals surface area contributed by atoms with E-state index in [1.54, 1.807) is 41.1 Å². The second kappa shape index (κ2) is 11.3. The van der Waals surface area contributed by atoms with Crippen LogP contribution in [0.1, 0.15) is 6.04 Å². The molecular weight excluding hydrogens is 522 g/mol. The predicted molar refractivity (Wildman–Crippen MR) is 128 cm³/mol. The van der Waals surface area contributed by atoms with E-state index < -0.39 is 54.8 Å². The van der Waals surface area contributed by atoms with Crippen LogP contribution < -0.4 is 0 Å². The summed E-state index contributed by atoms with van der Waals surface area (Å²) in [5.41, 5.74) is 0.125. The van der Waals surface area contributed by atoms with E-state index in [9.17, 15) is 24.5 Å². The van der Waals surface area contributed by atoms with Crippen molar-refractivity contribution in [2.75, 3.05) is 13.2 Å². The van der Waals surface area contributed by atoms with Crippen LogP contribution in [0.3, 0.4) is 0 Å². The van der Waals surface area contributed by atoms with Crippen LogP contribution in [0.15, 0.2) is 59.9 Å². The molecule has 186 valence electrons. The van der Waals surface area contributed by atoms with Crippen LogP contribution in [0.25, 0.3) is 11.3 Å². The third-order valence-electron chi connectivity index (χ3n) is 5.43. The van der Waals surface area contributed by atoms with Crippen LogP contribution in [-0.4, -0.2) is 67.8 Å². The molecule has 0 amide bonds. The Morgan fingerprint density at radius 3 is 2.71 bits per heavy atom. The van der Waals surface area contributed by atoms with E-state index in [-0.39, 0.29) is 0 Å². The van der Waals surface area contributed by atoms with E-state index in [0.29, 0.717) is 26.2 Å². The Balaban J connectivity index is 1.70. The molecule has 1 fully saturated rings. The number of rotatable bonds is 8. The maximum absolute atomic E-state index is 13.7. The number of benzene rings is 2. The van der Waals surface area contributed by atoms with Gasteiger partial charge in [0, 0.05) is 16.7 Å². The first-order chi connectivity index (χ1) is 16.8. The Hall–Kier alpha value is -2.18. The number of aliphatic hydroxyl groups excluding tert-OH is 2. The van der Waals surface area contributed by atoms with Crippen molar-refractivity contribution in [3.05, 3.63) is 70.9 Å². The van der Waals surface area contributed by atoms with Crippen LogP contribution in [0, 0.1) is 5.82 Å². The molecule has 0 aliphatic carbocycles. The Kier molecular flexibility index (Phi) is 8.33. The highest BCUT2D eigenvalue weighted by Gasteiger charge is 2.47. The molecule has 2 heterocycles. The monoisotopic (exact) mass is 542 g/mol. The van der Waals surface area contributed by atoms with Crippen LogP contribution >= 0.6 is 35.0 Å². The molecule has 1 aliphatic rings. The van der Waals surface area contributed by atoms with Gasteiger partial charge in [-0.25, -0.2) is 14.2 Å². The summed E-state index contributed by atoms with van der Waals surface area (Å²) in [6, 6.07) is 9.95. The molecule has 5 atom stereocenters. The highest BCUT2D eigenvalue weighted by atomic mass is 35.5. The summed E-state index contributed by atoms with van der Waals surface area (Å²) in [6.45, 7) is -1.14. The highest BCUT2D eigenvalue weighted by Crippen LogP contribution is 2.41. The van der Waals surface area contributed by atoms with Crippen LogP contribution in [0.2, 0.25) is 10.0 Å². The van der Waals surface area contributed by atoms with Crippen molar-refractivity contribution in [1.29, 1.82) is 0 Å². The lowest BCUT2D eigenvalue weighted by Gasteiger charge is -2.44. The number of carbonyl (C=O) groups is 1. The number of aromatic nitrogens is 2. The average Bonchev–Trinajstić information content (AvgIpc) is 3.31. The second-order valence-corrected chi connectivity index (χ2v) is 9.77. The zero-order valence-electron chi connectivity index (χ0n) is 18.0. The number of thioether (sulfide) groups is 1. The summed E-state index contributed by atoms with van der Waals surface area (Å²) in [5, 5.41) is 30.8. The molecule has 0 radical (unpaired) electrons. The molecule has 3 aromatic rings. The lowest BCUT2D eigenvalue weighted by atomic mass is 9.96. The molecule has 0 spiro atoms. The van der Waals surface area contributed by atoms with E-state index >= 15 is 0 Å². The van der Waals surface area contributed by atoms with Gasteiger partial charge in [0.25, 0.3) is 0 Å². The molecule has 1 aliphatic heterocycles. The molecule has 8 nitrogen and oxygen atoms in total. The quantitative estimate of drug-likeness (QED) is 0.393. The first-order valence-corrected chi connectivity index (χ1v) is 12.1. The summed E-state index contributed by atoms with van der Waals surface area (Å²) in [4.78, 5) is 16.3. The van der Waals surface area contributed by atoms with Gasteiger partial charge >= 0.3 is 5.97 Å².